The molecule has 8 unspecified atom stereocenters. The topological polar surface area (TPSA) is 175 Å². The van der Waals surface area contributed by atoms with Crippen molar-refractivity contribution in [3.8, 4) is 0 Å². The van der Waals surface area contributed by atoms with Crippen molar-refractivity contribution in [3.63, 3.8) is 0 Å². The van der Waals surface area contributed by atoms with Gasteiger partial charge in [-0.1, -0.05) is 305 Å². The molecule has 1 aliphatic rings. The van der Waals surface area contributed by atoms with Gasteiger partial charge >= 0.3 is 5.97 Å². The first-order valence-corrected chi connectivity index (χ1v) is 36.9. The van der Waals surface area contributed by atoms with Crippen molar-refractivity contribution < 1.29 is 49.3 Å². The van der Waals surface area contributed by atoms with Crippen LogP contribution >= 0.6 is 0 Å². The van der Waals surface area contributed by atoms with Crippen LogP contribution in [0.15, 0.2) is 85.1 Å². The SMILES string of the molecule is CCCCC/C=C\C/C=C\C/C=C\C/C=C\CCCCCCCCCCCC(=O)OC1C(OCC(NC(=O)C(O)CCCCCCCCCCCCCC/C=C\C/C=C\CCCCC)C(O)/C=C/CCCCCCCCCCCC)OC(CO)C(O)C1O. The zero-order valence-corrected chi connectivity index (χ0v) is 56.8. The van der Waals surface area contributed by atoms with E-state index in [1.165, 1.54) is 186 Å². The molecule has 1 fully saturated rings. The molecule has 11 heteroatoms. The number of ether oxygens (including phenoxy) is 3. The maximum Gasteiger partial charge on any atom is 0.306 e. The van der Waals surface area contributed by atoms with Crippen LogP contribution in [-0.4, -0.2) is 99.6 Å². The highest BCUT2D eigenvalue weighted by Crippen LogP contribution is 2.26. The summed E-state index contributed by atoms with van der Waals surface area (Å²) in [4.78, 5) is 26.7. The quantitative estimate of drug-likeness (QED) is 0.0195. The molecule has 6 N–H and O–H groups in total. The molecule has 1 aliphatic heterocycles. The lowest BCUT2D eigenvalue weighted by atomic mass is 9.99. The third-order valence-electron chi connectivity index (χ3n) is 17.0. The van der Waals surface area contributed by atoms with E-state index < -0.39 is 67.4 Å². The first-order valence-electron chi connectivity index (χ1n) is 36.9. The Kier molecular flexibility index (Phi) is 60.2. The highest BCUT2D eigenvalue weighted by Gasteiger charge is 2.47. The fourth-order valence-electron chi connectivity index (χ4n) is 11.2. The predicted molar refractivity (Wildman–Crippen MR) is 370 cm³/mol. The third-order valence-corrected chi connectivity index (χ3v) is 17.0. The molecule has 1 heterocycles. The summed E-state index contributed by atoms with van der Waals surface area (Å²) in [6, 6.07) is -1.03. The maximum atomic E-state index is 13.5. The van der Waals surface area contributed by atoms with Crippen LogP contribution < -0.4 is 5.32 Å². The zero-order valence-electron chi connectivity index (χ0n) is 56.8. The van der Waals surface area contributed by atoms with E-state index >= 15 is 0 Å². The Hall–Kier alpha value is -3.16. The van der Waals surface area contributed by atoms with Crippen molar-refractivity contribution in [2.45, 2.75) is 378 Å². The lowest BCUT2D eigenvalue weighted by Gasteiger charge is -2.41. The first-order chi connectivity index (χ1) is 43.2. The second kappa shape index (κ2) is 64.0. The Balaban J connectivity index is 2.56. The second-order valence-corrected chi connectivity index (χ2v) is 25.3. The van der Waals surface area contributed by atoms with Crippen LogP contribution in [0, 0.1) is 0 Å². The van der Waals surface area contributed by atoms with Gasteiger partial charge < -0.3 is 45.1 Å². The van der Waals surface area contributed by atoms with Crippen LogP contribution in [0.5, 0.6) is 0 Å². The fraction of sp³-hybridized carbons (Fsp3) is 0.792. The average Bonchev–Trinajstić information content (AvgIpc) is 2.54. The van der Waals surface area contributed by atoms with Crippen LogP contribution in [0.2, 0.25) is 0 Å². The highest BCUT2D eigenvalue weighted by atomic mass is 16.7. The molecule has 0 radical (unpaired) electrons. The Bertz CT molecular complexity index is 1760. The number of unbranched alkanes of at least 4 members (excludes halogenated alkanes) is 37. The van der Waals surface area contributed by atoms with Crippen molar-refractivity contribution in [1.82, 2.24) is 5.32 Å². The molecule has 0 bridgehead atoms. The van der Waals surface area contributed by atoms with E-state index in [-0.39, 0.29) is 19.4 Å². The Morgan fingerprint density at radius 2 is 0.784 bits per heavy atom. The number of nitrogens with one attached hydrogen (secondary N) is 1. The van der Waals surface area contributed by atoms with Crippen molar-refractivity contribution >= 4 is 11.9 Å². The van der Waals surface area contributed by atoms with Gasteiger partial charge in [0.05, 0.1) is 25.4 Å². The molecule has 510 valence electrons. The molecule has 1 amide bonds. The van der Waals surface area contributed by atoms with Gasteiger partial charge in [-0.05, 0) is 103 Å². The van der Waals surface area contributed by atoms with E-state index in [1.54, 1.807) is 6.08 Å². The lowest BCUT2D eigenvalue weighted by Crippen LogP contribution is -2.61. The number of amides is 1. The largest absolute Gasteiger partial charge is 0.454 e. The molecule has 11 nitrogen and oxygen atoms in total. The Labute approximate surface area is 540 Å². The molecular formula is C77H137NO10. The van der Waals surface area contributed by atoms with Crippen LogP contribution in [0.3, 0.4) is 0 Å². The van der Waals surface area contributed by atoms with Crippen LogP contribution in [0.4, 0.5) is 0 Å². The van der Waals surface area contributed by atoms with E-state index in [0.717, 1.165) is 96.3 Å². The lowest BCUT2D eigenvalue weighted by molar-refractivity contribution is -0.305. The third kappa shape index (κ3) is 50.5. The number of carbonyl (C=O) groups is 2. The van der Waals surface area contributed by atoms with E-state index in [9.17, 15) is 35.1 Å². The first kappa shape index (κ1) is 82.9. The number of allylic oxidation sites excluding steroid dienone is 13. The van der Waals surface area contributed by atoms with Crippen LogP contribution in [0.25, 0.3) is 0 Å². The maximum absolute atomic E-state index is 13.5. The van der Waals surface area contributed by atoms with Crippen molar-refractivity contribution in [1.29, 1.82) is 0 Å². The Morgan fingerprint density at radius 1 is 0.443 bits per heavy atom. The minimum atomic E-state index is -1.62. The predicted octanol–water partition coefficient (Wildman–Crippen LogP) is 19.2. The van der Waals surface area contributed by atoms with Gasteiger partial charge in [0.1, 0.15) is 24.4 Å². The van der Waals surface area contributed by atoms with Crippen molar-refractivity contribution in [3.05, 3.63) is 85.1 Å². The molecule has 0 aromatic rings. The van der Waals surface area contributed by atoms with E-state index in [0.29, 0.717) is 12.8 Å². The molecule has 0 spiro atoms. The van der Waals surface area contributed by atoms with Gasteiger partial charge in [0.2, 0.25) is 5.91 Å². The van der Waals surface area contributed by atoms with Crippen LogP contribution in [-0.2, 0) is 23.8 Å². The molecule has 1 saturated heterocycles. The van der Waals surface area contributed by atoms with Gasteiger partial charge in [-0.15, -0.1) is 0 Å². The average molecular weight is 1240 g/mol. The van der Waals surface area contributed by atoms with Gasteiger partial charge in [0.15, 0.2) is 12.4 Å². The van der Waals surface area contributed by atoms with Gasteiger partial charge in [-0.3, -0.25) is 9.59 Å². The van der Waals surface area contributed by atoms with Gasteiger partial charge in [-0.2, -0.15) is 0 Å². The minimum absolute atomic E-state index is 0.114. The molecule has 0 aliphatic carbocycles. The summed E-state index contributed by atoms with van der Waals surface area (Å²) in [6.45, 7) is 5.77. The number of esters is 1. The van der Waals surface area contributed by atoms with Gasteiger partial charge in [0.25, 0.3) is 0 Å². The standard InChI is InChI=1S/C77H137NO10/c1-4-7-10-13-16-19-22-25-27-29-31-33-35-36-37-39-41-43-45-47-50-53-56-59-62-65-72(82)88-75-74(84)73(83)71(66-79)87-77(75)86-67-68(69(80)63-60-57-54-51-48-24-21-18-15-12-9-6-3)78-76(85)70(81)64-61-58-55-52-49-46-44-42-40-38-34-32-30-28-26-23-20-17-14-11-8-5-2/h16-17,19-20,25-28,31,33,36-37,60,63,68-71,73-75,77,79-81,83-84H,4-15,18,21-24,29-30,32,34-35,38-59,61-62,64-67H2,1-3H3,(H,78,85)/b19-16-,20-17-,27-25-,28-26-,33-31-,37-36-,63-60+. The summed E-state index contributed by atoms with van der Waals surface area (Å²) < 4.78 is 17.7. The molecule has 1 rings (SSSR count). The van der Waals surface area contributed by atoms with Crippen LogP contribution in [0.1, 0.15) is 329 Å². The van der Waals surface area contributed by atoms with E-state index in [2.05, 4.69) is 99.0 Å². The molecule has 0 aromatic carbocycles. The van der Waals surface area contributed by atoms with E-state index in [1.807, 2.05) is 6.08 Å². The number of rotatable bonds is 63. The summed E-state index contributed by atoms with van der Waals surface area (Å²) >= 11 is 0. The van der Waals surface area contributed by atoms with E-state index in [4.69, 9.17) is 14.2 Å². The molecular weight excluding hydrogens is 1100 g/mol. The number of aliphatic hydroxyl groups is 5. The summed E-state index contributed by atoms with van der Waals surface area (Å²) in [5.41, 5.74) is 0. The Morgan fingerprint density at radius 3 is 1.19 bits per heavy atom. The molecule has 0 aromatic heterocycles. The van der Waals surface area contributed by atoms with Gasteiger partial charge in [-0.25, -0.2) is 0 Å². The summed E-state index contributed by atoms with van der Waals surface area (Å²) in [5.74, 6) is -1.20. The normalized spacial score (nSPS) is 18.7. The number of aliphatic hydroxyl groups excluding tert-OH is 5. The number of hydrogen-bond acceptors (Lipinski definition) is 10. The molecule has 0 saturated carbocycles. The highest BCUT2D eigenvalue weighted by molar-refractivity contribution is 5.80. The number of hydrogen-bond donors (Lipinski definition) is 6. The monoisotopic (exact) mass is 1240 g/mol. The zero-order chi connectivity index (χ0) is 63.9. The fourth-order valence-corrected chi connectivity index (χ4v) is 11.2. The molecule has 88 heavy (non-hydrogen) atoms. The summed E-state index contributed by atoms with van der Waals surface area (Å²) in [7, 11) is 0. The second-order valence-electron chi connectivity index (χ2n) is 25.3. The number of carbonyl (C=O) groups excluding carboxylic acids is 2. The van der Waals surface area contributed by atoms with Gasteiger partial charge in [0, 0.05) is 6.42 Å². The summed E-state index contributed by atoms with van der Waals surface area (Å²) in [6.07, 6.45) is 74.7. The smallest absolute Gasteiger partial charge is 0.306 e. The summed E-state index contributed by atoms with van der Waals surface area (Å²) in [5, 5.41) is 57.3. The van der Waals surface area contributed by atoms with Crippen molar-refractivity contribution in [2.75, 3.05) is 13.2 Å². The minimum Gasteiger partial charge on any atom is -0.454 e. The molecule has 8 atom stereocenters. The van der Waals surface area contributed by atoms with Crippen molar-refractivity contribution in [2.24, 2.45) is 0 Å².